The number of nitrogens with one attached hydrogen (secondary N) is 2. The number of benzene rings is 2. The number of H-pyrrole nitrogens is 2. The second-order valence-electron chi connectivity index (χ2n) is 5.83. The van der Waals surface area contributed by atoms with Gasteiger partial charge in [-0.2, -0.15) is 0 Å². The molecule has 116 valence electrons. The first-order valence-electron chi connectivity index (χ1n) is 8.09. The van der Waals surface area contributed by atoms with Crippen LogP contribution in [0.25, 0.3) is 21.8 Å². The Bertz CT molecular complexity index is 843. The molecule has 0 aliphatic carbocycles. The Morgan fingerprint density at radius 3 is 1.65 bits per heavy atom. The predicted molar refractivity (Wildman–Crippen MR) is 94.8 cm³/mol. The van der Waals surface area contributed by atoms with Gasteiger partial charge in [-0.05, 0) is 36.1 Å². The van der Waals surface area contributed by atoms with E-state index in [9.17, 15) is 0 Å². The molecule has 2 aromatic carbocycles. The molecule has 0 spiro atoms. The Labute approximate surface area is 135 Å². The van der Waals surface area contributed by atoms with Crippen LogP contribution >= 0.6 is 0 Å². The van der Waals surface area contributed by atoms with Crippen LogP contribution in [0.5, 0.6) is 0 Å². The Balaban J connectivity index is 1.31. The maximum atomic E-state index is 5.85. The second kappa shape index (κ2) is 6.31. The van der Waals surface area contributed by atoms with E-state index >= 15 is 0 Å². The lowest BCUT2D eigenvalue weighted by molar-refractivity contribution is 0.140. The molecule has 0 saturated heterocycles. The third-order valence-electron chi connectivity index (χ3n) is 4.38. The van der Waals surface area contributed by atoms with Crippen LogP contribution < -0.4 is 0 Å². The molecule has 0 fully saturated rings. The zero-order chi connectivity index (χ0) is 15.5. The summed E-state index contributed by atoms with van der Waals surface area (Å²) in [5.41, 5.74) is 5.04. The lowest BCUT2D eigenvalue weighted by atomic mass is 10.1. The average molecular weight is 304 g/mol. The van der Waals surface area contributed by atoms with E-state index in [1.165, 1.54) is 32.9 Å². The largest absolute Gasteiger partial charge is 0.381 e. The van der Waals surface area contributed by atoms with E-state index in [0.29, 0.717) is 0 Å². The van der Waals surface area contributed by atoms with Crippen LogP contribution in [0.15, 0.2) is 60.9 Å². The van der Waals surface area contributed by atoms with Gasteiger partial charge in [-0.3, -0.25) is 0 Å². The number of para-hydroxylation sites is 2. The summed E-state index contributed by atoms with van der Waals surface area (Å²) in [6.07, 6.45) is 6.07. The first kappa shape index (κ1) is 14.1. The van der Waals surface area contributed by atoms with E-state index in [1.807, 2.05) is 0 Å². The molecule has 0 saturated carbocycles. The van der Waals surface area contributed by atoms with Gasteiger partial charge in [0.2, 0.25) is 0 Å². The molecular weight excluding hydrogens is 284 g/mol. The molecule has 0 unspecified atom stereocenters. The van der Waals surface area contributed by atoms with Crippen molar-refractivity contribution in [3.8, 4) is 0 Å². The zero-order valence-corrected chi connectivity index (χ0v) is 13.0. The fourth-order valence-corrected chi connectivity index (χ4v) is 3.14. The Kier molecular flexibility index (Phi) is 3.86. The predicted octanol–water partition coefficient (Wildman–Crippen LogP) is 4.45. The van der Waals surface area contributed by atoms with Gasteiger partial charge in [-0.15, -0.1) is 0 Å². The van der Waals surface area contributed by atoms with Crippen LogP contribution in [0.1, 0.15) is 11.1 Å². The number of rotatable bonds is 6. The van der Waals surface area contributed by atoms with Gasteiger partial charge in [0.1, 0.15) is 0 Å². The Morgan fingerprint density at radius 1 is 0.652 bits per heavy atom. The Hall–Kier alpha value is -2.52. The highest BCUT2D eigenvalue weighted by atomic mass is 16.5. The maximum absolute atomic E-state index is 5.85. The van der Waals surface area contributed by atoms with Crippen molar-refractivity contribution in [3.05, 3.63) is 72.1 Å². The molecule has 0 bridgehead atoms. The SMILES string of the molecule is c1ccc2c(CCOCCc3c[nH]c4ccccc34)c[nH]c2c1. The number of hydrogen-bond acceptors (Lipinski definition) is 1. The lowest BCUT2D eigenvalue weighted by Gasteiger charge is -2.04. The van der Waals surface area contributed by atoms with Crippen molar-refractivity contribution in [3.63, 3.8) is 0 Å². The number of aromatic amines is 2. The van der Waals surface area contributed by atoms with E-state index in [1.54, 1.807) is 0 Å². The third kappa shape index (κ3) is 2.88. The minimum absolute atomic E-state index is 0.754. The molecule has 2 aromatic heterocycles. The van der Waals surface area contributed by atoms with Crippen LogP contribution in [0.2, 0.25) is 0 Å². The van der Waals surface area contributed by atoms with E-state index in [0.717, 1.165) is 26.1 Å². The summed E-state index contributed by atoms with van der Waals surface area (Å²) in [5.74, 6) is 0. The van der Waals surface area contributed by atoms with E-state index < -0.39 is 0 Å². The normalized spacial score (nSPS) is 11.5. The minimum Gasteiger partial charge on any atom is -0.381 e. The molecule has 4 rings (SSSR count). The van der Waals surface area contributed by atoms with Crippen LogP contribution in [-0.4, -0.2) is 23.2 Å². The van der Waals surface area contributed by atoms with Crippen molar-refractivity contribution in [2.45, 2.75) is 12.8 Å². The number of aromatic nitrogens is 2. The van der Waals surface area contributed by atoms with Gasteiger partial charge in [0.25, 0.3) is 0 Å². The monoisotopic (exact) mass is 304 g/mol. The van der Waals surface area contributed by atoms with Crippen LogP contribution in [-0.2, 0) is 17.6 Å². The summed E-state index contributed by atoms with van der Waals surface area (Å²) in [5, 5.41) is 2.60. The molecule has 0 radical (unpaired) electrons. The van der Waals surface area contributed by atoms with Crippen LogP contribution in [0.4, 0.5) is 0 Å². The van der Waals surface area contributed by atoms with Crippen LogP contribution in [0, 0.1) is 0 Å². The molecule has 23 heavy (non-hydrogen) atoms. The molecule has 3 nitrogen and oxygen atoms in total. The molecule has 0 aliphatic rings. The highest BCUT2D eigenvalue weighted by Crippen LogP contribution is 2.19. The first-order valence-corrected chi connectivity index (χ1v) is 8.09. The fraction of sp³-hybridized carbons (Fsp3) is 0.200. The van der Waals surface area contributed by atoms with Crippen molar-refractivity contribution < 1.29 is 4.74 Å². The Morgan fingerprint density at radius 2 is 1.13 bits per heavy atom. The van der Waals surface area contributed by atoms with Gasteiger partial charge in [-0.1, -0.05) is 36.4 Å². The van der Waals surface area contributed by atoms with E-state index in [4.69, 9.17) is 4.74 Å². The van der Waals surface area contributed by atoms with Crippen molar-refractivity contribution in [1.82, 2.24) is 9.97 Å². The van der Waals surface area contributed by atoms with Crippen molar-refractivity contribution >= 4 is 21.8 Å². The van der Waals surface area contributed by atoms with Gasteiger partial charge in [0, 0.05) is 34.2 Å². The standard InChI is InChI=1S/C20H20N2O/c1-3-7-19-17(5-1)15(13-21-19)9-11-23-12-10-16-14-22-20-8-4-2-6-18(16)20/h1-8,13-14,21-22H,9-12H2. The molecule has 3 heteroatoms. The van der Waals surface area contributed by atoms with Gasteiger partial charge in [0.05, 0.1) is 13.2 Å². The molecule has 0 atom stereocenters. The highest BCUT2D eigenvalue weighted by molar-refractivity contribution is 5.83. The maximum Gasteiger partial charge on any atom is 0.0507 e. The molecule has 2 heterocycles. The topological polar surface area (TPSA) is 40.8 Å². The van der Waals surface area contributed by atoms with Gasteiger partial charge >= 0.3 is 0 Å². The fourth-order valence-electron chi connectivity index (χ4n) is 3.14. The minimum atomic E-state index is 0.754. The smallest absolute Gasteiger partial charge is 0.0507 e. The van der Waals surface area contributed by atoms with Gasteiger partial charge in [0.15, 0.2) is 0 Å². The molecule has 4 aromatic rings. The van der Waals surface area contributed by atoms with E-state index in [-0.39, 0.29) is 0 Å². The highest BCUT2D eigenvalue weighted by Gasteiger charge is 2.04. The van der Waals surface area contributed by atoms with Crippen LogP contribution in [0.3, 0.4) is 0 Å². The average Bonchev–Trinajstić information content (AvgIpc) is 3.19. The van der Waals surface area contributed by atoms with Gasteiger partial charge < -0.3 is 14.7 Å². The summed E-state index contributed by atoms with van der Waals surface area (Å²) in [7, 11) is 0. The molecular formula is C20H20N2O. The number of ether oxygens (including phenoxy) is 1. The van der Waals surface area contributed by atoms with Crippen molar-refractivity contribution in [1.29, 1.82) is 0 Å². The summed E-state index contributed by atoms with van der Waals surface area (Å²) in [6, 6.07) is 16.8. The molecule has 0 aliphatic heterocycles. The van der Waals surface area contributed by atoms with Crippen molar-refractivity contribution in [2.24, 2.45) is 0 Å². The van der Waals surface area contributed by atoms with E-state index in [2.05, 4.69) is 70.9 Å². The first-order chi connectivity index (χ1) is 11.4. The zero-order valence-electron chi connectivity index (χ0n) is 13.0. The second-order valence-corrected chi connectivity index (χ2v) is 5.83. The van der Waals surface area contributed by atoms with Crippen molar-refractivity contribution in [2.75, 3.05) is 13.2 Å². The molecule has 0 amide bonds. The number of fused-ring (bicyclic) bond motifs is 2. The quantitative estimate of drug-likeness (QED) is 0.508. The molecule has 2 N–H and O–H groups in total. The number of hydrogen-bond donors (Lipinski definition) is 2. The summed E-state index contributed by atoms with van der Waals surface area (Å²) >= 11 is 0. The summed E-state index contributed by atoms with van der Waals surface area (Å²) < 4.78 is 5.85. The van der Waals surface area contributed by atoms with Gasteiger partial charge in [-0.25, -0.2) is 0 Å². The summed E-state index contributed by atoms with van der Waals surface area (Å²) in [4.78, 5) is 6.62. The third-order valence-corrected chi connectivity index (χ3v) is 4.38. The summed E-state index contributed by atoms with van der Waals surface area (Å²) in [6.45, 7) is 1.51. The lowest BCUT2D eigenvalue weighted by Crippen LogP contribution is -2.02.